The molecule has 3 aliphatic rings. The van der Waals surface area contributed by atoms with Gasteiger partial charge in [0.15, 0.2) is 0 Å². The Hall–Kier alpha value is -4.23. The van der Waals surface area contributed by atoms with Gasteiger partial charge in [-0.1, -0.05) is 44.2 Å². The Morgan fingerprint density at radius 2 is 1.68 bits per heavy atom. The van der Waals surface area contributed by atoms with Crippen molar-refractivity contribution >= 4 is 12.2 Å². The van der Waals surface area contributed by atoms with Gasteiger partial charge < -0.3 is 31.4 Å². The third-order valence-corrected chi connectivity index (χ3v) is 6.28. The third-order valence-electron chi connectivity index (χ3n) is 6.28. The van der Waals surface area contributed by atoms with Gasteiger partial charge in [0, 0.05) is 18.3 Å². The first kappa shape index (κ1) is 24.5. The van der Waals surface area contributed by atoms with Gasteiger partial charge in [0.25, 0.3) is 0 Å². The maximum Gasteiger partial charge on any atom is 0.138 e. The van der Waals surface area contributed by atoms with Gasteiger partial charge in [0.05, 0.1) is 27.6 Å². The molecule has 190 valence electrons. The van der Waals surface area contributed by atoms with Crippen LogP contribution in [0.4, 0.5) is 0 Å². The molecule has 1 aliphatic carbocycles. The average molecular weight is 495 g/mol. The second-order valence-corrected chi connectivity index (χ2v) is 9.26. The molecule has 3 heterocycles. The third kappa shape index (κ3) is 5.47. The van der Waals surface area contributed by atoms with E-state index in [0.717, 1.165) is 63.5 Å². The number of nitrogens with zero attached hydrogens (tertiary/aromatic N) is 1. The highest BCUT2D eigenvalue weighted by Crippen LogP contribution is 2.28. The summed E-state index contributed by atoms with van der Waals surface area (Å²) in [6.07, 6.45) is 13.2. The largest absolute Gasteiger partial charge is 0.457 e. The number of fused-ring (bicyclic) bond motifs is 2. The first-order chi connectivity index (χ1) is 18.0. The summed E-state index contributed by atoms with van der Waals surface area (Å²) in [6, 6.07) is 16.1. The maximum absolute atomic E-state index is 6.26. The predicted molar refractivity (Wildman–Crippen MR) is 150 cm³/mol. The van der Waals surface area contributed by atoms with E-state index < -0.39 is 5.54 Å². The highest BCUT2D eigenvalue weighted by Gasteiger charge is 2.24. The molecule has 1 saturated heterocycles. The van der Waals surface area contributed by atoms with E-state index in [-0.39, 0.29) is 6.17 Å². The SMILES string of the molecule is CC.CC1(N)C=CC=c2[nH]c(-c3ccc(Oc4ccc(C5NC6=CCCNC=C6N5)cc4)cc3)nc2=C1. The van der Waals surface area contributed by atoms with Crippen LogP contribution in [0.15, 0.2) is 84.4 Å². The molecule has 2 unspecified atom stereocenters. The van der Waals surface area contributed by atoms with Gasteiger partial charge in [0.1, 0.15) is 23.5 Å². The molecule has 7 heteroatoms. The fourth-order valence-electron chi connectivity index (χ4n) is 4.45. The highest BCUT2D eigenvalue weighted by molar-refractivity contribution is 5.59. The zero-order valence-electron chi connectivity index (χ0n) is 21.5. The zero-order valence-corrected chi connectivity index (χ0v) is 21.5. The Bertz CT molecular complexity index is 1440. The van der Waals surface area contributed by atoms with E-state index >= 15 is 0 Å². The summed E-state index contributed by atoms with van der Waals surface area (Å²) < 4.78 is 6.08. The fourth-order valence-corrected chi connectivity index (χ4v) is 4.45. The quantitative estimate of drug-likeness (QED) is 0.380. The molecule has 1 fully saturated rings. The zero-order chi connectivity index (χ0) is 25.8. The average Bonchev–Trinajstić information content (AvgIpc) is 3.37. The number of rotatable bonds is 4. The minimum atomic E-state index is -0.519. The van der Waals surface area contributed by atoms with E-state index in [1.165, 1.54) is 0 Å². The number of benzene rings is 2. The first-order valence-electron chi connectivity index (χ1n) is 12.9. The fraction of sp³-hybridized carbons (Fsp3) is 0.233. The summed E-state index contributed by atoms with van der Waals surface area (Å²) >= 11 is 0. The van der Waals surface area contributed by atoms with Crippen LogP contribution in [0, 0.1) is 0 Å². The number of aromatic nitrogens is 2. The number of allylic oxidation sites excluding steroid dienone is 1. The lowest BCUT2D eigenvalue weighted by molar-refractivity contribution is 0.482. The van der Waals surface area contributed by atoms with Crippen LogP contribution in [0.2, 0.25) is 0 Å². The van der Waals surface area contributed by atoms with E-state index in [9.17, 15) is 0 Å². The molecule has 2 aliphatic heterocycles. The molecule has 7 nitrogen and oxygen atoms in total. The van der Waals surface area contributed by atoms with Crippen LogP contribution >= 0.6 is 0 Å². The Morgan fingerprint density at radius 1 is 0.973 bits per heavy atom. The normalized spacial score (nSPS) is 21.4. The molecule has 0 bridgehead atoms. The van der Waals surface area contributed by atoms with Crippen LogP contribution < -0.4 is 37.1 Å². The number of nitrogens with one attached hydrogen (secondary N) is 4. The van der Waals surface area contributed by atoms with Gasteiger partial charge >= 0.3 is 0 Å². The Balaban J connectivity index is 0.00000137. The second-order valence-electron chi connectivity index (χ2n) is 9.26. The lowest BCUT2D eigenvalue weighted by atomic mass is 10.0. The maximum atomic E-state index is 6.26. The molecule has 2 atom stereocenters. The van der Waals surface area contributed by atoms with Gasteiger partial charge in [-0.15, -0.1) is 0 Å². The van der Waals surface area contributed by atoms with Crippen LogP contribution in [0.1, 0.15) is 38.9 Å². The minimum absolute atomic E-state index is 0.0475. The molecule has 0 amide bonds. The number of ether oxygens (including phenoxy) is 1. The van der Waals surface area contributed by atoms with E-state index in [1.807, 2.05) is 87.7 Å². The van der Waals surface area contributed by atoms with Crippen molar-refractivity contribution in [1.82, 2.24) is 25.9 Å². The molecule has 37 heavy (non-hydrogen) atoms. The van der Waals surface area contributed by atoms with Gasteiger partial charge in [-0.2, -0.15) is 0 Å². The van der Waals surface area contributed by atoms with Crippen LogP contribution in [-0.2, 0) is 0 Å². The van der Waals surface area contributed by atoms with E-state index in [2.05, 4.69) is 39.1 Å². The molecule has 1 aromatic heterocycles. The van der Waals surface area contributed by atoms with Crippen molar-refractivity contribution < 1.29 is 4.74 Å². The second kappa shape index (κ2) is 10.4. The molecule has 0 saturated carbocycles. The van der Waals surface area contributed by atoms with Gasteiger partial charge in [-0.3, -0.25) is 0 Å². The first-order valence-corrected chi connectivity index (χ1v) is 12.9. The predicted octanol–water partition coefficient (Wildman–Crippen LogP) is 3.65. The molecule has 3 aromatic rings. The molecular formula is C30H34N6O. The number of hydrogen-bond donors (Lipinski definition) is 5. The molecule has 0 spiro atoms. The Labute approximate surface area is 217 Å². The lowest BCUT2D eigenvalue weighted by Crippen LogP contribution is -2.35. The monoisotopic (exact) mass is 494 g/mol. The van der Waals surface area contributed by atoms with Crippen molar-refractivity contribution in [2.24, 2.45) is 5.73 Å². The van der Waals surface area contributed by atoms with Crippen LogP contribution in [0.3, 0.4) is 0 Å². The van der Waals surface area contributed by atoms with Gasteiger partial charge in [0.2, 0.25) is 0 Å². The number of nitrogens with two attached hydrogens (primary N) is 1. The summed E-state index contributed by atoms with van der Waals surface area (Å²) in [5, 5.41) is 12.2. The van der Waals surface area contributed by atoms with Gasteiger partial charge in [-0.25, -0.2) is 4.98 Å². The van der Waals surface area contributed by atoms with E-state index in [1.54, 1.807) is 0 Å². The van der Waals surface area contributed by atoms with Crippen LogP contribution in [0.5, 0.6) is 11.5 Å². The van der Waals surface area contributed by atoms with Crippen molar-refractivity contribution in [1.29, 1.82) is 0 Å². The summed E-state index contributed by atoms with van der Waals surface area (Å²) in [5.74, 6) is 2.36. The molecule has 2 aromatic carbocycles. The van der Waals surface area contributed by atoms with Crippen molar-refractivity contribution in [2.75, 3.05) is 6.54 Å². The van der Waals surface area contributed by atoms with Gasteiger partial charge in [-0.05, 0) is 67.5 Å². The van der Waals surface area contributed by atoms with E-state index in [0.29, 0.717) is 0 Å². The minimum Gasteiger partial charge on any atom is -0.457 e. The Kier molecular flexibility index (Phi) is 6.88. The van der Waals surface area contributed by atoms with Crippen molar-refractivity contribution in [3.63, 3.8) is 0 Å². The summed E-state index contributed by atoms with van der Waals surface area (Å²) in [6.45, 7) is 6.92. The van der Waals surface area contributed by atoms with Crippen LogP contribution in [-0.4, -0.2) is 22.1 Å². The van der Waals surface area contributed by atoms with Crippen molar-refractivity contribution in [2.45, 2.75) is 38.9 Å². The molecule has 0 radical (unpaired) electrons. The van der Waals surface area contributed by atoms with Crippen molar-refractivity contribution in [3.8, 4) is 22.9 Å². The number of H-pyrrole nitrogens is 1. The topological polar surface area (TPSA) is 100 Å². The smallest absolute Gasteiger partial charge is 0.138 e. The summed E-state index contributed by atoms with van der Waals surface area (Å²) in [4.78, 5) is 8.13. The number of aromatic amines is 1. The number of imidazole rings is 1. The molecule has 6 rings (SSSR count). The molecular weight excluding hydrogens is 460 g/mol. The summed E-state index contributed by atoms with van der Waals surface area (Å²) in [7, 11) is 0. The Morgan fingerprint density at radius 3 is 2.43 bits per heavy atom. The summed E-state index contributed by atoms with van der Waals surface area (Å²) in [5.41, 5.74) is 10.1. The van der Waals surface area contributed by atoms with Crippen molar-refractivity contribution in [3.05, 3.63) is 101 Å². The molecule has 6 N–H and O–H groups in total. The standard InChI is InChI=1S/C28H28N6O.C2H6/c1-28(29)14-2-4-22-24(16-28)33-26(31-22)18-6-10-20(11-7-18)35-21-12-8-19(9-13-21)27-32-23-5-3-15-30-17-25(23)34-27;1-2/h2,4-14,16-17,27,30,32,34H,3,15,29H2,1H3,(H,31,33);1-2H3. The highest BCUT2D eigenvalue weighted by atomic mass is 16.5. The lowest BCUT2D eigenvalue weighted by Gasteiger charge is -2.13. The van der Waals surface area contributed by atoms with E-state index in [4.69, 9.17) is 15.5 Å². The number of hydrogen-bond acceptors (Lipinski definition) is 6. The van der Waals surface area contributed by atoms with Crippen LogP contribution in [0.25, 0.3) is 23.5 Å².